The van der Waals surface area contributed by atoms with E-state index >= 15 is 0 Å². The van der Waals surface area contributed by atoms with Crippen molar-refractivity contribution in [2.45, 2.75) is 44.4 Å². The monoisotopic (exact) mass is 343 g/mol. The summed E-state index contributed by atoms with van der Waals surface area (Å²) in [6.07, 6.45) is 2.90. The van der Waals surface area contributed by atoms with E-state index in [0.717, 1.165) is 49.3 Å². The van der Waals surface area contributed by atoms with Crippen LogP contribution in [0.1, 0.15) is 25.1 Å². The van der Waals surface area contributed by atoms with Gasteiger partial charge in [0, 0.05) is 26.8 Å². The Morgan fingerprint density at radius 1 is 1.40 bits per heavy atom. The summed E-state index contributed by atoms with van der Waals surface area (Å²) >= 11 is 0. The molecule has 1 aromatic carbocycles. The molecule has 4 rings (SSSR count). The van der Waals surface area contributed by atoms with Gasteiger partial charge in [-0.05, 0) is 38.3 Å². The van der Waals surface area contributed by atoms with Crippen LogP contribution in [0.3, 0.4) is 0 Å². The van der Waals surface area contributed by atoms with Crippen LogP contribution in [0.25, 0.3) is 11.0 Å². The molecule has 6 heteroatoms. The highest BCUT2D eigenvalue weighted by atomic mass is 16.5. The molecule has 1 amide bonds. The number of para-hydroxylation sites is 2. The van der Waals surface area contributed by atoms with E-state index in [1.54, 1.807) is 7.11 Å². The number of benzene rings is 1. The molecular formula is C19H25N3O3. The number of fused-ring (bicyclic) bond motifs is 1. The third-order valence-corrected chi connectivity index (χ3v) is 5.69. The number of hydrogen-bond acceptors (Lipinski definition) is 4. The number of aryl methyl sites for hydroxylation is 1. The third kappa shape index (κ3) is 2.83. The summed E-state index contributed by atoms with van der Waals surface area (Å²) in [5.41, 5.74) is 1.74. The van der Waals surface area contributed by atoms with Crippen molar-refractivity contribution >= 4 is 16.9 Å². The number of amides is 1. The molecule has 25 heavy (non-hydrogen) atoms. The van der Waals surface area contributed by atoms with Crippen molar-refractivity contribution in [2.24, 2.45) is 0 Å². The Kier molecular flexibility index (Phi) is 4.25. The molecule has 2 aromatic rings. The molecule has 2 aliphatic heterocycles. The minimum atomic E-state index is -0.191. The number of carbonyl (C=O) groups excluding carboxylic acids is 1. The van der Waals surface area contributed by atoms with Gasteiger partial charge in [0.15, 0.2) is 0 Å². The van der Waals surface area contributed by atoms with Crippen molar-refractivity contribution in [2.75, 3.05) is 26.8 Å². The fourth-order valence-electron chi connectivity index (χ4n) is 4.26. The quantitative estimate of drug-likeness (QED) is 0.857. The zero-order valence-electron chi connectivity index (χ0n) is 14.9. The van der Waals surface area contributed by atoms with Gasteiger partial charge in [-0.3, -0.25) is 4.79 Å². The third-order valence-electron chi connectivity index (χ3n) is 5.69. The molecule has 0 unspecified atom stereocenters. The molecule has 0 saturated carbocycles. The van der Waals surface area contributed by atoms with Crippen LogP contribution in [0, 0.1) is 6.92 Å². The second-order valence-corrected chi connectivity index (χ2v) is 7.06. The highest BCUT2D eigenvalue weighted by Gasteiger charge is 2.47. The maximum atomic E-state index is 12.9. The predicted molar refractivity (Wildman–Crippen MR) is 94.4 cm³/mol. The molecule has 1 aromatic heterocycles. The number of piperidine rings is 1. The van der Waals surface area contributed by atoms with Crippen molar-refractivity contribution in [3.63, 3.8) is 0 Å². The summed E-state index contributed by atoms with van der Waals surface area (Å²) in [4.78, 5) is 19.4. The van der Waals surface area contributed by atoms with Gasteiger partial charge < -0.3 is 18.9 Å². The maximum Gasteiger partial charge on any atom is 0.242 e. The van der Waals surface area contributed by atoms with Crippen molar-refractivity contribution in [3.8, 4) is 0 Å². The molecule has 134 valence electrons. The summed E-state index contributed by atoms with van der Waals surface area (Å²) in [5, 5.41) is 0. The first-order chi connectivity index (χ1) is 12.1. The molecule has 2 atom stereocenters. The van der Waals surface area contributed by atoms with Crippen molar-refractivity contribution in [1.82, 2.24) is 14.5 Å². The van der Waals surface area contributed by atoms with E-state index in [0.29, 0.717) is 13.1 Å². The minimum Gasteiger partial charge on any atom is -0.377 e. The van der Waals surface area contributed by atoms with Gasteiger partial charge in [0.05, 0.1) is 16.6 Å². The predicted octanol–water partition coefficient (Wildman–Crippen LogP) is 2.14. The lowest BCUT2D eigenvalue weighted by atomic mass is 9.86. The molecule has 0 radical (unpaired) electrons. The Labute approximate surface area is 147 Å². The Morgan fingerprint density at radius 2 is 2.24 bits per heavy atom. The van der Waals surface area contributed by atoms with E-state index in [4.69, 9.17) is 9.47 Å². The summed E-state index contributed by atoms with van der Waals surface area (Å²) in [7, 11) is 1.72. The summed E-state index contributed by atoms with van der Waals surface area (Å²) in [6, 6.07) is 7.94. The standard InChI is InChI=1S/C19H25N3O3/c1-14-20-15-6-3-4-7-16(15)22(14)13-18(23)21-10-9-19(8-5-11-25-19)17(12-21)24-2/h3-4,6-7,17H,5,8-13H2,1-2H3/t17-,19-/m0/s1. The topological polar surface area (TPSA) is 56.6 Å². The molecular weight excluding hydrogens is 318 g/mol. The van der Waals surface area contributed by atoms with Crippen molar-refractivity contribution in [1.29, 1.82) is 0 Å². The Hall–Kier alpha value is -1.92. The number of likely N-dealkylation sites (tertiary alicyclic amines) is 1. The first kappa shape index (κ1) is 16.5. The normalized spacial score (nSPS) is 26.6. The number of rotatable bonds is 3. The largest absolute Gasteiger partial charge is 0.377 e. The average molecular weight is 343 g/mol. The van der Waals surface area contributed by atoms with E-state index in [-0.39, 0.29) is 17.6 Å². The van der Waals surface area contributed by atoms with Gasteiger partial charge in [-0.25, -0.2) is 4.98 Å². The molecule has 0 aliphatic carbocycles. The Bertz CT molecular complexity index is 779. The fourth-order valence-corrected chi connectivity index (χ4v) is 4.26. The van der Waals surface area contributed by atoms with Crippen LogP contribution in [0.2, 0.25) is 0 Å². The Balaban J connectivity index is 1.51. The summed E-state index contributed by atoms with van der Waals surface area (Å²) in [5.74, 6) is 0.978. The van der Waals surface area contributed by atoms with Gasteiger partial charge in [-0.2, -0.15) is 0 Å². The molecule has 0 N–H and O–H groups in total. The average Bonchev–Trinajstić information content (AvgIpc) is 3.21. The molecule has 2 fully saturated rings. The molecule has 0 bridgehead atoms. The first-order valence-electron chi connectivity index (χ1n) is 8.99. The summed E-state index contributed by atoms with van der Waals surface area (Å²) < 4.78 is 13.7. The van der Waals surface area contributed by atoms with Gasteiger partial charge in [-0.1, -0.05) is 12.1 Å². The Morgan fingerprint density at radius 3 is 3.00 bits per heavy atom. The van der Waals surface area contributed by atoms with Gasteiger partial charge >= 0.3 is 0 Å². The highest BCUT2D eigenvalue weighted by Crippen LogP contribution is 2.37. The zero-order valence-corrected chi connectivity index (χ0v) is 14.9. The van der Waals surface area contributed by atoms with E-state index in [1.807, 2.05) is 40.7 Å². The van der Waals surface area contributed by atoms with Crippen LogP contribution in [0.15, 0.2) is 24.3 Å². The molecule has 2 aliphatic rings. The lowest BCUT2D eigenvalue weighted by molar-refractivity contribution is -0.158. The number of ether oxygens (including phenoxy) is 2. The molecule has 6 nitrogen and oxygen atoms in total. The molecule has 2 saturated heterocycles. The zero-order chi connectivity index (χ0) is 17.4. The van der Waals surface area contributed by atoms with Crippen molar-refractivity contribution < 1.29 is 14.3 Å². The minimum absolute atomic E-state index is 0.0478. The van der Waals surface area contributed by atoms with Crippen LogP contribution in [-0.4, -0.2) is 58.9 Å². The number of aromatic nitrogens is 2. The van der Waals surface area contributed by atoms with Crippen LogP contribution >= 0.6 is 0 Å². The molecule has 1 spiro atoms. The van der Waals surface area contributed by atoms with E-state index < -0.39 is 0 Å². The van der Waals surface area contributed by atoms with Crippen LogP contribution in [0.4, 0.5) is 0 Å². The SMILES string of the molecule is CO[C@H]1CN(C(=O)Cn2c(C)nc3ccccc32)CC[C@@]12CCCO2. The van der Waals surface area contributed by atoms with Crippen LogP contribution < -0.4 is 0 Å². The molecule has 3 heterocycles. The van der Waals surface area contributed by atoms with Gasteiger partial charge in [0.1, 0.15) is 18.5 Å². The summed E-state index contributed by atoms with van der Waals surface area (Å²) in [6.45, 7) is 4.39. The smallest absolute Gasteiger partial charge is 0.242 e. The highest BCUT2D eigenvalue weighted by molar-refractivity contribution is 5.81. The van der Waals surface area contributed by atoms with E-state index in [1.165, 1.54) is 0 Å². The fraction of sp³-hybridized carbons (Fsp3) is 0.579. The number of hydrogen-bond donors (Lipinski definition) is 0. The number of methoxy groups -OCH3 is 1. The maximum absolute atomic E-state index is 12.9. The number of imidazole rings is 1. The number of carbonyl (C=O) groups is 1. The van der Waals surface area contributed by atoms with Gasteiger partial charge in [0.2, 0.25) is 5.91 Å². The van der Waals surface area contributed by atoms with E-state index in [9.17, 15) is 4.79 Å². The lowest BCUT2D eigenvalue weighted by Gasteiger charge is -2.44. The second-order valence-electron chi connectivity index (χ2n) is 7.06. The first-order valence-corrected chi connectivity index (χ1v) is 8.99. The van der Waals surface area contributed by atoms with Gasteiger partial charge in [0.25, 0.3) is 0 Å². The van der Waals surface area contributed by atoms with Crippen LogP contribution in [0.5, 0.6) is 0 Å². The number of nitrogens with zero attached hydrogens (tertiary/aromatic N) is 3. The van der Waals surface area contributed by atoms with Crippen LogP contribution in [-0.2, 0) is 20.8 Å². The van der Waals surface area contributed by atoms with E-state index in [2.05, 4.69) is 4.98 Å². The van der Waals surface area contributed by atoms with Gasteiger partial charge in [-0.15, -0.1) is 0 Å². The lowest BCUT2D eigenvalue weighted by Crippen LogP contribution is -2.57. The second kappa shape index (κ2) is 6.42. The van der Waals surface area contributed by atoms with Crippen molar-refractivity contribution in [3.05, 3.63) is 30.1 Å².